The highest BCUT2D eigenvalue weighted by Crippen LogP contribution is 2.13. The zero-order valence-corrected chi connectivity index (χ0v) is 15.4. The first-order valence-electron chi connectivity index (χ1n) is 8.33. The van der Waals surface area contributed by atoms with Gasteiger partial charge in [-0.05, 0) is 49.8 Å². The number of hydrogen-bond donors (Lipinski definition) is 1. The minimum Gasteiger partial charge on any atom is -0.342 e. The molecule has 0 saturated carbocycles. The summed E-state index contributed by atoms with van der Waals surface area (Å²) in [7, 11) is -1.06. The first-order chi connectivity index (χ1) is 11.9. The van der Waals surface area contributed by atoms with E-state index < -0.39 is 9.84 Å². The van der Waals surface area contributed by atoms with Crippen molar-refractivity contribution in [3.05, 3.63) is 59.9 Å². The minimum absolute atomic E-state index is 0.365. The molecule has 3 rings (SSSR count). The van der Waals surface area contributed by atoms with Crippen molar-refractivity contribution in [2.75, 3.05) is 19.8 Å². The van der Waals surface area contributed by atoms with Crippen LogP contribution in [0.5, 0.6) is 0 Å². The zero-order valence-electron chi connectivity index (χ0n) is 14.6. The van der Waals surface area contributed by atoms with Crippen molar-refractivity contribution in [3.8, 4) is 0 Å². The Morgan fingerprint density at radius 2 is 1.80 bits per heavy atom. The SMILES string of the molecule is CN(CCCc1nc2ccccc2[nH]1)Cc1ccc(S(C)(=O)=O)cc1. The summed E-state index contributed by atoms with van der Waals surface area (Å²) >= 11 is 0. The molecular weight excluding hydrogens is 334 g/mol. The second kappa shape index (κ2) is 7.37. The third-order valence-electron chi connectivity index (χ3n) is 4.20. The van der Waals surface area contributed by atoms with E-state index in [1.54, 1.807) is 12.1 Å². The first-order valence-corrected chi connectivity index (χ1v) is 10.2. The van der Waals surface area contributed by atoms with Gasteiger partial charge in [0.15, 0.2) is 9.84 Å². The predicted molar refractivity (Wildman–Crippen MR) is 100 cm³/mol. The van der Waals surface area contributed by atoms with E-state index in [0.717, 1.165) is 48.4 Å². The molecule has 2 aromatic carbocycles. The Morgan fingerprint density at radius 3 is 2.48 bits per heavy atom. The monoisotopic (exact) mass is 357 g/mol. The lowest BCUT2D eigenvalue weighted by Gasteiger charge is -2.16. The van der Waals surface area contributed by atoms with Crippen molar-refractivity contribution in [2.45, 2.75) is 24.3 Å². The van der Waals surface area contributed by atoms with E-state index in [2.05, 4.69) is 21.9 Å². The number of aromatic nitrogens is 2. The van der Waals surface area contributed by atoms with Crippen LogP contribution in [0.4, 0.5) is 0 Å². The van der Waals surface area contributed by atoms with Gasteiger partial charge in [-0.2, -0.15) is 0 Å². The van der Waals surface area contributed by atoms with Gasteiger partial charge in [0.2, 0.25) is 0 Å². The minimum atomic E-state index is -3.13. The van der Waals surface area contributed by atoms with Crippen molar-refractivity contribution in [1.82, 2.24) is 14.9 Å². The van der Waals surface area contributed by atoms with E-state index in [1.807, 2.05) is 36.4 Å². The molecule has 5 nitrogen and oxygen atoms in total. The first kappa shape index (κ1) is 17.6. The Hall–Kier alpha value is -2.18. The van der Waals surface area contributed by atoms with Gasteiger partial charge in [-0.3, -0.25) is 0 Å². The van der Waals surface area contributed by atoms with Gasteiger partial charge < -0.3 is 9.88 Å². The van der Waals surface area contributed by atoms with Crippen LogP contribution in [0.25, 0.3) is 11.0 Å². The number of H-pyrrole nitrogens is 1. The van der Waals surface area contributed by atoms with Crippen molar-refractivity contribution in [1.29, 1.82) is 0 Å². The highest BCUT2D eigenvalue weighted by molar-refractivity contribution is 7.90. The van der Waals surface area contributed by atoms with E-state index in [0.29, 0.717) is 4.90 Å². The van der Waals surface area contributed by atoms with Crippen LogP contribution in [0.2, 0.25) is 0 Å². The summed E-state index contributed by atoms with van der Waals surface area (Å²) < 4.78 is 23.0. The molecule has 1 heterocycles. The Morgan fingerprint density at radius 1 is 1.08 bits per heavy atom. The smallest absolute Gasteiger partial charge is 0.175 e. The quantitative estimate of drug-likeness (QED) is 0.706. The number of para-hydroxylation sites is 2. The van der Waals surface area contributed by atoms with Crippen LogP contribution in [-0.2, 0) is 22.8 Å². The van der Waals surface area contributed by atoms with Gasteiger partial charge in [0.25, 0.3) is 0 Å². The number of aromatic amines is 1. The highest BCUT2D eigenvalue weighted by Gasteiger charge is 2.08. The average Bonchev–Trinajstić information content (AvgIpc) is 2.97. The van der Waals surface area contributed by atoms with Gasteiger partial charge in [-0.15, -0.1) is 0 Å². The lowest BCUT2D eigenvalue weighted by atomic mass is 10.2. The Labute approximate surface area is 148 Å². The number of sulfone groups is 1. The summed E-state index contributed by atoms with van der Waals surface area (Å²) in [4.78, 5) is 10.5. The zero-order chi connectivity index (χ0) is 17.9. The Bertz CT molecular complexity index is 913. The number of aryl methyl sites for hydroxylation is 1. The summed E-state index contributed by atoms with van der Waals surface area (Å²) in [5.41, 5.74) is 3.20. The van der Waals surface area contributed by atoms with Gasteiger partial charge in [0, 0.05) is 19.2 Å². The van der Waals surface area contributed by atoms with E-state index in [4.69, 9.17) is 0 Å². The van der Waals surface area contributed by atoms with Gasteiger partial charge in [0.1, 0.15) is 5.82 Å². The lowest BCUT2D eigenvalue weighted by molar-refractivity contribution is 0.321. The highest BCUT2D eigenvalue weighted by atomic mass is 32.2. The molecule has 1 N–H and O–H groups in total. The van der Waals surface area contributed by atoms with Crippen molar-refractivity contribution < 1.29 is 8.42 Å². The maximum Gasteiger partial charge on any atom is 0.175 e. The van der Waals surface area contributed by atoms with Gasteiger partial charge in [-0.1, -0.05) is 24.3 Å². The van der Waals surface area contributed by atoms with Crippen LogP contribution < -0.4 is 0 Å². The summed E-state index contributed by atoms with van der Waals surface area (Å²) in [6.45, 7) is 1.75. The number of imidazole rings is 1. The normalized spacial score (nSPS) is 12.1. The molecule has 25 heavy (non-hydrogen) atoms. The molecular formula is C19H23N3O2S. The van der Waals surface area contributed by atoms with E-state index in [1.165, 1.54) is 6.26 Å². The Balaban J connectivity index is 1.50. The van der Waals surface area contributed by atoms with E-state index >= 15 is 0 Å². The van der Waals surface area contributed by atoms with Crippen molar-refractivity contribution in [3.63, 3.8) is 0 Å². The molecule has 0 unspecified atom stereocenters. The number of nitrogens with zero attached hydrogens (tertiary/aromatic N) is 2. The second-order valence-corrected chi connectivity index (χ2v) is 8.47. The molecule has 0 radical (unpaired) electrons. The number of benzene rings is 2. The maximum atomic E-state index is 11.5. The van der Waals surface area contributed by atoms with Crippen LogP contribution in [0.15, 0.2) is 53.4 Å². The van der Waals surface area contributed by atoms with Gasteiger partial charge in [0.05, 0.1) is 15.9 Å². The number of hydrogen-bond acceptors (Lipinski definition) is 4. The average molecular weight is 357 g/mol. The van der Waals surface area contributed by atoms with Crippen molar-refractivity contribution >= 4 is 20.9 Å². The number of fused-ring (bicyclic) bond motifs is 1. The van der Waals surface area contributed by atoms with Gasteiger partial charge >= 0.3 is 0 Å². The molecule has 0 aliphatic rings. The van der Waals surface area contributed by atoms with Crippen LogP contribution >= 0.6 is 0 Å². The molecule has 132 valence electrons. The molecule has 0 bridgehead atoms. The number of nitrogens with one attached hydrogen (secondary N) is 1. The molecule has 0 aliphatic heterocycles. The van der Waals surface area contributed by atoms with Crippen LogP contribution in [0, 0.1) is 0 Å². The third-order valence-corrected chi connectivity index (χ3v) is 5.32. The van der Waals surface area contributed by atoms with E-state index in [-0.39, 0.29) is 0 Å². The fraction of sp³-hybridized carbons (Fsp3) is 0.316. The van der Waals surface area contributed by atoms with E-state index in [9.17, 15) is 8.42 Å². The van der Waals surface area contributed by atoms with Crippen LogP contribution in [-0.4, -0.2) is 43.1 Å². The third kappa shape index (κ3) is 4.67. The molecule has 3 aromatic rings. The fourth-order valence-corrected chi connectivity index (χ4v) is 3.50. The summed E-state index contributed by atoms with van der Waals surface area (Å²) in [5.74, 6) is 1.02. The molecule has 0 amide bonds. The molecule has 0 saturated heterocycles. The van der Waals surface area contributed by atoms with Gasteiger partial charge in [-0.25, -0.2) is 13.4 Å². The molecule has 0 aliphatic carbocycles. The van der Waals surface area contributed by atoms with Crippen LogP contribution in [0.3, 0.4) is 0 Å². The maximum absolute atomic E-state index is 11.5. The Kier molecular flexibility index (Phi) is 5.20. The predicted octanol–water partition coefficient (Wildman–Crippen LogP) is 3.03. The molecule has 0 fully saturated rings. The summed E-state index contributed by atoms with van der Waals surface area (Å²) in [6.07, 6.45) is 3.15. The molecule has 0 atom stereocenters. The summed E-state index contributed by atoms with van der Waals surface area (Å²) in [5, 5.41) is 0. The molecule has 6 heteroatoms. The largest absolute Gasteiger partial charge is 0.342 e. The number of rotatable bonds is 7. The standard InChI is InChI=1S/C19H23N3O2S/c1-22(14-15-9-11-16(12-10-15)25(2,23)24)13-5-8-19-20-17-6-3-4-7-18(17)21-19/h3-4,6-7,9-12H,5,8,13-14H2,1-2H3,(H,20,21). The second-order valence-electron chi connectivity index (χ2n) is 6.46. The van der Waals surface area contributed by atoms with Crippen LogP contribution in [0.1, 0.15) is 17.8 Å². The fourth-order valence-electron chi connectivity index (χ4n) is 2.87. The lowest BCUT2D eigenvalue weighted by Crippen LogP contribution is -2.19. The molecule has 1 aromatic heterocycles. The topological polar surface area (TPSA) is 66.1 Å². The van der Waals surface area contributed by atoms with Crippen molar-refractivity contribution in [2.24, 2.45) is 0 Å². The summed E-state index contributed by atoms with van der Waals surface area (Å²) in [6, 6.07) is 15.2. The molecule has 0 spiro atoms.